The van der Waals surface area contributed by atoms with E-state index in [0.717, 1.165) is 35.9 Å². The van der Waals surface area contributed by atoms with E-state index >= 15 is 0 Å². The normalized spacial score (nSPS) is 13.0. The molecular formula is C11H21ClN4O. The van der Waals surface area contributed by atoms with Crippen LogP contribution >= 0.6 is 11.6 Å². The number of nitrogens with one attached hydrogen (secondary N) is 1. The van der Waals surface area contributed by atoms with E-state index in [4.69, 9.17) is 22.2 Å². The zero-order chi connectivity index (χ0) is 12.8. The van der Waals surface area contributed by atoms with Gasteiger partial charge in [-0.05, 0) is 20.3 Å². The molecule has 0 saturated carbocycles. The summed E-state index contributed by atoms with van der Waals surface area (Å²) in [5, 5.41) is 5.01. The summed E-state index contributed by atoms with van der Waals surface area (Å²) in [6.45, 7) is 5.30. The van der Waals surface area contributed by atoms with E-state index in [2.05, 4.69) is 10.5 Å². The minimum atomic E-state index is 0.147. The molecule has 0 bridgehead atoms. The molecule has 1 unspecified atom stereocenters. The van der Waals surface area contributed by atoms with Gasteiger partial charge in [0.05, 0.1) is 16.4 Å². The summed E-state index contributed by atoms with van der Waals surface area (Å²) in [4.78, 5) is 0. The summed E-state index contributed by atoms with van der Waals surface area (Å²) in [5.41, 5.74) is 4.65. The summed E-state index contributed by atoms with van der Waals surface area (Å²) < 4.78 is 7.13. The van der Waals surface area contributed by atoms with Crippen LogP contribution in [-0.2, 0) is 18.2 Å². The Bertz CT molecular complexity index is 353. The summed E-state index contributed by atoms with van der Waals surface area (Å²) in [7, 11) is 1.89. The highest BCUT2D eigenvalue weighted by molar-refractivity contribution is 6.31. The van der Waals surface area contributed by atoms with E-state index in [9.17, 15) is 0 Å². The molecule has 17 heavy (non-hydrogen) atoms. The maximum Gasteiger partial charge on any atom is 0.0847 e. The summed E-state index contributed by atoms with van der Waals surface area (Å²) in [6, 6.07) is 0.147. The van der Waals surface area contributed by atoms with Crippen LogP contribution in [0.3, 0.4) is 0 Å². The molecule has 5 nitrogen and oxygen atoms in total. The molecule has 98 valence electrons. The molecule has 1 rings (SSSR count). The maximum absolute atomic E-state index is 6.19. The maximum atomic E-state index is 6.19. The number of aryl methyl sites for hydroxylation is 2. The molecule has 0 radical (unpaired) electrons. The van der Waals surface area contributed by atoms with Crippen molar-refractivity contribution < 1.29 is 4.74 Å². The van der Waals surface area contributed by atoms with Crippen LogP contribution in [-0.4, -0.2) is 29.0 Å². The summed E-state index contributed by atoms with van der Waals surface area (Å²) >= 11 is 6.19. The SMILES string of the molecule is CCOCCC(Cc1c(Cl)c(C)nn1C)NN. The van der Waals surface area contributed by atoms with E-state index in [1.54, 1.807) is 0 Å². The third kappa shape index (κ3) is 3.96. The Balaban J connectivity index is 2.60. The number of hydrogen-bond acceptors (Lipinski definition) is 4. The molecule has 1 aromatic rings. The second kappa shape index (κ2) is 6.96. The van der Waals surface area contributed by atoms with Crippen LogP contribution in [0.4, 0.5) is 0 Å². The van der Waals surface area contributed by atoms with Gasteiger partial charge in [0, 0.05) is 32.7 Å². The van der Waals surface area contributed by atoms with Gasteiger partial charge in [0.2, 0.25) is 0 Å². The van der Waals surface area contributed by atoms with Crippen LogP contribution in [0.1, 0.15) is 24.7 Å². The molecule has 0 aromatic carbocycles. The van der Waals surface area contributed by atoms with Crippen molar-refractivity contribution in [1.29, 1.82) is 0 Å². The summed E-state index contributed by atoms with van der Waals surface area (Å²) in [5.74, 6) is 5.53. The van der Waals surface area contributed by atoms with Gasteiger partial charge in [-0.25, -0.2) is 0 Å². The van der Waals surface area contributed by atoms with Gasteiger partial charge in [-0.15, -0.1) is 0 Å². The highest BCUT2D eigenvalue weighted by atomic mass is 35.5. The summed E-state index contributed by atoms with van der Waals surface area (Å²) in [6.07, 6.45) is 1.60. The molecule has 1 atom stereocenters. The van der Waals surface area contributed by atoms with Gasteiger partial charge in [0.1, 0.15) is 0 Å². The van der Waals surface area contributed by atoms with Crippen molar-refractivity contribution >= 4 is 11.6 Å². The third-order valence-corrected chi connectivity index (χ3v) is 3.24. The number of rotatable bonds is 7. The quantitative estimate of drug-likeness (QED) is 0.439. The first-order valence-corrected chi connectivity index (χ1v) is 6.19. The van der Waals surface area contributed by atoms with Crippen LogP contribution in [0.5, 0.6) is 0 Å². The Morgan fingerprint density at radius 1 is 1.59 bits per heavy atom. The fourth-order valence-electron chi connectivity index (χ4n) is 1.75. The van der Waals surface area contributed by atoms with Crippen molar-refractivity contribution in [2.75, 3.05) is 13.2 Å². The van der Waals surface area contributed by atoms with E-state index in [1.165, 1.54) is 0 Å². The number of hydrazine groups is 1. The van der Waals surface area contributed by atoms with Gasteiger partial charge >= 0.3 is 0 Å². The second-order valence-electron chi connectivity index (χ2n) is 4.02. The monoisotopic (exact) mass is 260 g/mol. The van der Waals surface area contributed by atoms with Crippen LogP contribution in [0.2, 0.25) is 5.02 Å². The first-order valence-electron chi connectivity index (χ1n) is 5.82. The predicted molar refractivity (Wildman–Crippen MR) is 68.9 cm³/mol. The first-order chi connectivity index (χ1) is 8.10. The molecular weight excluding hydrogens is 240 g/mol. The number of hydrogen-bond donors (Lipinski definition) is 2. The van der Waals surface area contributed by atoms with E-state index < -0.39 is 0 Å². The number of aromatic nitrogens is 2. The van der Waals surface area contributed by atoms with Crippen molar-refractivity contribution in [2.45, 2.75) is 32.7 Å². The van der Waals surface area contributed by atoms with E-state index in [1.807, 2.05) is 25.6 Å². The lowest BCUT2D eigenvalue weighted by molar-refractivity contribution is 0.136. The predicted octanol–water partition coefficient (Wildman–Crippen LogP) is 1.18. The average molecular weight is 261 g/mol. The lowest BCUT2D eigenvalue weighted by Gasteiger charge is -2.16. The molecule has 0 fully saturated rings. The Morgan fingerprint density at radius 3 is 2.76 bits per heavy atom. The minimum absolute atomic E-state index is 0.147. The highest BCUT2D eigenvalue weighted by Crippen LogP contribution is 2.21. The average Bonchev–Trinajstić information content (AvgIpc) is 2.54. The fourth-order valence-corrected chi connectivity index (χ4v) is 1.99. The second-order valence-corrected chi connectivity index (χ2v) is 4.40. The Hall–Kier alpha value is -0.620. The van der Waals surface area contributed by atoms with Gasteiger partial charge in [0.15, 0.2) is 0 Å². The van der Waals surface area contributed by atoms with Gasteiger partial charge < -0.3 is 4.74 Å². The lowest BCUT2D eigenvalue weighted by Crippen LogP contribution is -2.38. The van der Waals surface area contributed by atoms with Crippen LogP contribution in [0.25, 0.3) is 0 Å². The molecule has 0 amide bonds. The van der Waals surface area contributed by atoms with Gasteiger partial charge in [0.25, 0.3) is 0 Å². The van der Waals surface area contributed by atoms with Crippen molar-refractivity contribution in [3.05, 3.63) is 16.4 Å². The first kappa shape index (κ1) is 14.4. The van der Waals surface area contributed by atoms with Gasteiger partial charge in [-0.2, -0.15) is 5.10 Å². The molecule has 0 saturated heterocycles. The molecule has 0 aliphatic rings. The molecule has 1 aromatic heterocycles. The van der Waals surface area contributed by atoms with Crippen molar-refractivity contribution in [2.24, 2.45) is 12.9 Å². The van der Waals surface area contributed by atoms with Crippen molar-refractivity contribution in [3.63, 3.8) is 0 Å². The number of ether oxygens (including phenoxy) is 1. The molecule has 6 heteroatoms. The topological polar surface area (TPSA) is 65.1 Å². The fraction of sp³-hybridized carbons (Fsp3) is 0.727. The van der Waals surface area contributed by atoms with Crippen LogP contribution in [0, 0.1) is 6.92 Å². The van der Waals surface area contributed by atoms with Gasteiger partial charge in [-0.1, -0.05) is 11.6 Å². The highest BCUT2D eigenvalue weighted by Gasteiger charge is 2.16. The standard InChI is InChI=1S/C11H21ClN4O/c1-4-17-6-5-9(14-13)7-10-11(12)8(2)15-16(10)3/h9,14H,4-7,13H2,1-3H3. The number of halogens is 1. The van der Waals surface area contributed by atoms with Gasteiger partial charge in [-0.3, -0.25) is 16.0 Å². The molecule has 0 aliphatic carbocycles. The number of nitrogens with zero attached hydrogens (tertiary/aromatic N) is 2. The van der Waals surface area contributed by atoms with Crippen molar-refractivity contribution in [1.82, 2.24) is 15.2 Å². The molecule has 3 N–H and O–H groups in total. The van der Waals surface area contributed by atoms with E-state index in [-0.39, 0.29) is 6.04 Å². The van der Waals surface area contributed by atoms with Crippen molar-refractivity contribution in [3.8, 4) is 0 Å². The zero-order valence-electron chi connectivity index (χ0n) is 10.7. The third-order valence-electron chi connectivity index (χ3n) is 2.75. The zero-order valence-corrected chi connectivity index (χ0v) is 11.4. The Labute approximate surface area is 107 Å². The largest absolute Gasteiger partial charge is 0.382 e. The van der Waals surface area contributed by atoms with Crippen LogP contribution < -0.4 is 11.3 Å². The minimum Gasteiger partial charge on any atom is -0.382 e. The smallest absolute Gasteiger partial charge is 0.0847 e. The Kier molecular flexibility index (Phi) is 5.91. The van der Waals surface area contributed by atoms with Crippen LogP contribution in [0.15, 0.2) is 0 Å². The number of nitrogens with two attached hydrogens (primary N) is 1. The molecule has 0 aliphatic heterocycles. The molecule has 0 spiro atoms. The molecule has 1 heterocycles. The van der Waals surface area contributed by atoms with E-state index in [0.29, 0.717) is 6.61 Å². The lowest BCUT2D eigenvalue weighted by atomic mass is 10.1. The Morgan fingerprint density at radius 2 is 2.29 bits per heavy atom.